The van der Waals surface area contributed by atoms with Gasteiger partial charge >= 0.3 is 0 Å². The Hall–Kier alpha value is -3.06. The van der Waals surface area contributed by atoms with Crippen LogP contribution in [0.1, 0.15) is 24.5 Å². The summed E-state index contributed by atoms with van der Waals surface area (Å²) in [5, 5.41) is 8.60. The number of ether oxygens (including phenoxy) is 1. The second kappa shape index (κ2) is 8.31. The number of morpholine rings is 1. The van der Waals surface area contributed by atoms with Crippen LogP contribution in [0.3, 0.4) is 0 Å². The van der Waals surface area contributed by atoms with Crippen LogP contribution >= 0.6 is 0 Å². The Balaban J connectivity index is 1.34. The minimum atomic E-state index is -0.173. The number of carbonyl (C=O) groups is 1. The summed E-state index contributed by atoms with van der Waals surface area (Å²) in [5.74, 6) is 0.0750. The molecule has 1 aromatic heterocycles. The van der Waals surface area contributed by atoms with E-state index in [9.17, 15) is 9.59 Å². The van der Waals surface area contributed by atoms with Gasteiger partial charge in [0.1, 0.15) is 11.6 Å². The summed E-state index contributed by atoms with van der Waals surface area (Å²) < 4.78 is 7.15. The van der Waals surface area contributed by atoms with Crippen LogP contribution in [0, 0.1) is 0 Å². The lowest BCUT2D eigenvalue weighted by Crippen LogP contribution is -2.42. The van der Waals surface area contributed by atoms with Crippen molar-refractivity contribution in [2.45, 2.75) is 25.5 Å². The lowest BCUT2D eigenvalue weighted by atomic mass is 10.1. The first-order chi connectivity index (χ1) is 13.7. The Bertz CT molecular complexity index is 1020. The number of aryl methyl sites for hydroxylation is 1. The van der Waals surface area contributed by atoms with Crippen LogP contribution in [-0.2, 0) is 16.1 Å². The zero-order valence-corrected chi connectivity index (χ0v) is 15.5. The summed E-state index contributed by atoms with van der Waals surface area (Å²) in [6, 6.07) is 17.1. The van der Waals surface area contributed by atoms with Gasteiger partial charge in [-0.2, -0.15) is 0 Å². The van der Waals surface area contributed by atoms with E-state index in [1.54, 1.807) is 18.2 Å². The van der Waals surface area contributed by atoms with Crippen LogP contribution in [0.4, 0.5) is 0 Å². The molecule has 0 N–H and O–H groups in total. The minimum Gasteiger partial charge on any atom is -0.370 e. The zero-order chi connectivity index (χ0) is 19.3. The highest BCUT2D eigenvalue weighted by Gasteiger charge is 2.24. The van der Waals surface area contributed by atoms with Gasteiger partial charge in [0.05, 0.1) is 18.5 Å². The van der Waals surface area contributed by atoms with E-state index in [-0.39, 0.29) is 17.6 Å². The normalized spacial score (nSPS) is 17.0. The molecule has 7 heteroatoms. The third-order valence-corrected chi connectivity index (χ3v) is 4.98. The molecule has 4 rings (SSSR count). The third-order valence-electron chi connectivity index (χ3n) is 4.98. The van der Waals surface area contributed by atoms with Gasteiger partial charge in [0.2, 0.25) is 5.91 Å². The molecule has 1 amide bonds. The van der Waals surface area contributed by atoms with E-state index in [1.807, 2.05) is 41.3 Å². The van der Waals surface area contributed by atoms with E-state index in [0.29, 0.717) is 50.0 Å². The Morgan fingerprint density at radius 3 is 2.75 bits per heavy atom. The molecule has 28 heavy (non-hydrogen) atoms. The summed E-state index contributed by atoms with van der Waals surface area (Å²) in [5.41, 5.74) is 1.49. The molecule has 1 atom stereocenters. The Kier molecular flexibility index (Phi) is 5.43. The van der Waals surface area contributed by atoms with Crippen molar-refractivity contribution in [2.24, 2.45) is 0 Å². The van der Waals surface area contributed by atoms with Crippen molar-refractivity contribution in [1.82, 2.24) is 19.9 Å². The van der Waals surface area contributed by atoms with Crippen LogP contribution < -0.4 is 5.56 Å². The topological polar surface area (TPSA) is 77.3 Å². The second-order valence-corrected chi connectivity index (χ2v) is 6.85. The van der Waals surface area contributed by atoms with Crippen molar-refractivity contribution in [3.05, 3.63) is 70.5 Å². The van der Waals surface area contributed by atoms with Crippen molar-refractivity contribution in [2.75, 3.05) is 19.7 Å². The molecule has 0 aliphatic carbocycles. The summed E-state index contributed by atoms with van der Waals surface area (Å²) in [6.07, 6.45) is 0.814. The van der Waals surface area contributed by atoms with E-state index in [0.717, 1.165) is 5.56 Å². The SMILES string of the molecule is O=C(CCCn1nnc2ccccc2c1=O)N1CCO[C@H](c2ccccc2)C1. The summed E-state index contributed by atoms with van der Waals surface area (Å²) in [7, 11) is 0. The van der Waals surface area contributed by atoms with E-state index < -0.39 is 0 Å². The molecule has 1 aliphatic heterocycles. The number of aromatic nitrogens is 3. The molecule has 1 saturated heterocycles. The molecular weight excluding hydrogens is 356 g/mol. The van der Waals surface area contributed by atoms with E-state index >= 15 is 0 Å². The first-order valence-electron chi connectivity index (χ1n) is 9.49. The fourth-order valence-electron chi connectivity index (χ4n) is 3.45. The monoisotopic (exact) mass is 378 g/mol. The summed E-state index contributed by atoms with van der Waals surface area (Å²) in [4.78, 5) is 26.9. The molecule has 0 bridgehead atoms. The second-order valence-electron chi connectivity index (χ2n) is 6.85. The quantitative estimate of drug-likeness (QED) is 0.680. The predicted molar refractivity (Wildman–Crippen MR) is 105 cm³/mol. The van der Waals surface area contributed by atoms with Crippen molar-refractivity contribution in [1.29, 1.82) is 0 Å². The van der Waals surface area contributed by atoms with E-state index in [4.69, 9.17) is 4.74 Å². The molecule has 2 heterocycles. The number of amides is 1. The molecule has 0 unspecified atom stereocenters. The molecule has 1 fully saturated rings. The van der Waals surface area contributed by atoms with Crippen molar-refractivity contribution in [3.63, 3.8) is 0 Å². The van der Waals surface area contributed by atoms with Gasteiger partial charge in [-0.15, -0.1) is 5.10 Å². The Labute approximate surface area is 162 Å². The molecule has 0 spiro atoms. The fourth-order valence-corrected chi connectivity index (χ4v) is 3.45. The van der Waals surface area contributed by atoms with Gasteiger partial charge < -0.3 is 9.64 Å². The number of carbonyl (C=O) groups excluding carboxylic acids is 1. The lowest BCUT2D eigenvalue weighted by molar-refractivity contribution is -0.139. The van der Waals surface area contributed by atoms with Crippen LogP contribution in [0.2, 0.25) is 0 Å². The first-order valence-corrected chi connectivity index (χ1v) is 9.49. The predicted octanol–water partition coefficient (Wildman–Crippen LogP) is 2.17. The van der Waals surface area contributed by atoms with Gasteiger partial charge in [0, 0.05) is 19.5 Å². The van der Waals surface area contributed by atoms with Gasteiger partial charge in [0.15, 0.2) is 0 Å². The average molecular weight is 378 g/mol. The highest BCUT2D eigenvalue weighted by Crippen LogP contribution is 2.22. The lowest BCUT2D eigenvalue weighted by Gasteiger charge is -2.33. The largest absolute Gasteiger partial charge is 0.370 e. The number of fused-ring (bicyclic) bond motifs is 1. The Morgan fingerprint density at radius 2 is 1.89 bits per heavy atom. The number of nitrogens with zero attached hydrogens (tertiary/aromatic N) is 4. The molecule has 1 aliphatic rings. The van der Waals surface area contributed by atoms with Crippen LogP contribution in [0.25, 0.3) is 10.9 Å². The maximum absolute atomic E-state index is 12.6. The summed E-state index contributed by atoms with van der Waals surface area (Å²) in [6.45, 7) is 2.05. The van der Waals surface area contributed by atoms with Gasteiger partial charge in [-0.05, 0) is 24.1 Å². The third kappa shape index (κ3) is 3.94. The van der Waals surface area contributed by atoms with Crippen LogP contribution in [-0.4, -0.2) is 45.5 Å². The highest BCUT2D eigenvalue weighted by molar-refractivity contribution is 5.77. The molecule has 2 aromatic carbocycles. The van der Waals surface area contributed by atoms with Gasteiger partial charge in [-0.1, -0.05) is 47.7 Å². The van der Waals surface area contributed by atoms with Gasteiger partial charge in [-0.25, -0.2) is 4.68 Å². The van der Waals surface area contributed by atoms with Crippen molar-refractivity contribution < 1.29 is 9.53 Å². The van der Waals surface area contributed by atoms with Crippen LogP contribution in [0.5, 0.6) is 0 Å². The molecular formula is C21H22N4O3. The van der Waals surface area contributed by atoms with Crippen LogP contribution in [0.15, 0.2) is 59.4 Å². The van der Waals surface area contributed by atoms with Gasteiger partial charge in [0.25, 0.3) is 5.56 Å². The van der Waals surface area contributed by atoms with Crippen molar-refractivity contribution >= 4 is 16.8 Å². The smallest absolute Gasteiger partial charge is 0.277 e. The van der Waals surface area contributed by atoms with E-state index in [2.05, 4.69) is 10.3 Å². The molecule has 0 saturated carbocycles. The van der Waals surface area contributed by atoms with Gasteiger partial charge in [-0.3, -0.25) is 9.59 Å². The summed E-state index contributed by atoms with van der Waals surface area (Å²) >= 11 is 0. The average Bonchev–Trinajstić information content (AvgIpc) is 2.76. The fraction of sp³-hybridized carbons (Fsp3) is 0.333. The number of rotatable bonds is 5. The molecule has 7 nitrogen and oxygen atoms in total. The maximum Gasteiger partial charge on any atom is 0.277 e. The number of hydrogen-bond donors (Lipinski definition) is 0. The van der Waals surface area contributed by atoms with E-state index in [1.165, 1.54) is 4.68 Å². The Morgan fingerprint density at radius 1 is 1.11 bits per heavy atom. The molecule has 144 valence electrons. The standard InChI is InChI=1S/C21H22N4O3/c26-20(24-13-14-28-19(15-24)16-7-2-1-3-8-16)11-6-12-25-21(27)17-9-4-5-10-18(17)22-23-25/h1-5,7-10,19H,6,11-15H2/t19-/m0/s1. The molecule has 0 radical (unpaired) electrons. The minimum absolute atomic E-state index is 0.0750. The number of hydrogen-bond acceptors (Lipinski definition) is 5. The zero-order valence-electron chi connectivity index (χ0n) is 15.5. The maximum atomic E-state index is 12.6. The first kappa shape index (κ1) is 18.3. The molecule has 3 aromatic rings. The highest BCUT2D eigenvalue weighted by atomic mass is 16.5. The van der Waals surface area contributed by atoms with Crippen molar-refractivity contribution in [3.8, 4) is 0 Å². The number of benzene rings is 2.